The average molecular weight is 251 g/mol. The molecule has 1 N–H and O–H groups in total. The largest absolute Gasteiger partial charge is 0.384 e. The summed E-state index contributed by atoms with van der Waals surface area (Å²) in [6.07, 6.45) is 0. The van der Waals surface area contributed by atoms with Crippen LogP contribution in [-0.2, 0) is 4.79 Å². The summed E-state index contributed by atoms with van der Waals surface area (Å²) in [5, 5.41) is 8.69. The van der Waals surface area contributed by atoms with Gasteiger partial charge < -0.3 is 5.11 Å². The van der Waals surface area contributed by atoms with Crippen molar-refractivity contribution in [2.45, 2.75) is 0 Å². The summed E-state index contributed by atoms with van der Waals surface area (Å²) in [5.74, 6) is 4.43. The highest BCUT2D eigenvalue weighted by molar-refractivity contribution is 6.10. The first-order valence-corrected chi connectivity index (χ1v) is 5.87. The molecule has 0 aliphatic rings. The molecule has 3 heteroatoms. The van der Waals surface area contributed by atoms with E-state index in [1.54, 1.807) is 0 Å². The minimum Gasteiger partial charge on any atom is -0.384 e. The number of carbonyl (C=O) groups excluding carboxylic acids is 1. The van der Waals surface area contributed by atoms with Crippen LogP contribution in [0, 0.1) is 11.8 Å². The molecule has 0 spiro atoms. The zero-order chi connectivity index (χ0) is 13.5. The van der Waals surface area contributed by atoms with E-state index in [0.29, 0.717) is 0 Å². The molecule has 2 aromatic carbocycles. The Morgan fingerprint density at radius 1 is 0.947 bits per heavy atom. The maximum absolute atomic E-state index is 12.1. The van der Waals surface area contributed by atoms with Crippen LogP contribution in [0.25, 0.3) is 0 Å². The molecule has 2 rings (SSSR count). The number of para-hydroxylation sites is 2. The Balaban J connectivity index is 2.43. The van der Waals surface area contributed by atoms with Gasteiger partial charge in [-0.25, -0.2) is 0 Å². The lowest BCUT2D eigenvalue weighted by Crippen LogP contribution is -2.24. The van der Waals surface area contributed by atoms with Gasteiger partial charge in [0.05, 0.1) is 0 Å². The molecule has 0 saturated carbocycles. The molecule has 0 aliphatic heterocycles. The summed E-state index contributed by atoms with van der Waals surface area (Å²) in [6, 6.07) is 18.6. The fourth-order valence-electron chi connectivity index (χ4n) is 1.71. The van der Waals surface area contributed by atoms with Gasteiger partial charge in [-0.2, -0.15) is 0 Å². The van der Waals surface area contributed by atoms with Crippen LogP contribution in [-0.4, -0.2) is 17.6 Å². The van der Waals surface area contributed by atoms with E-state index in [0.717, 1.165) is 11.4 Å². The quantitative estimate of drug-likeness (QED) is 0.832. The molecule has 19 heavy (non-hydrogen) atoms. The van der Waals surface area contributed by atoms with Crippen LogP contribution >= 0.6 is 0 Å². The Labute approximate surface area is 112 Å². The number of aliphatic hydroxyl groups is 1. The molecule has 0 heterocycles. The van der Waals surface area contributed by atoms with Gasteiger partial charge in [0.1, 0.15) is 6.61 Å². The first-order chi connectivity index (χ1) is 9.33. The fraction of sp³-hybridized carbons (Fsp3) is 0.0625. The fourth-order valence-corrected chi connectivity index (χ4v) is 1.71. The van der Waals surface area contributed by atoms with Crippen molar-refractivity contribution < 1.29 is 9.90 Å². The SMILES string of the molecule is O=C(C#CCO)N(c1ccccc1)c1ccccc1. The second-order valence-corrected chi connectivity index (χ2v) is 3.77. The molecule has 94 valence electrons. The second-order valence-electron chi connectivity index (χ2n) is 3.77. The molecule has 0 saturated heterocycles. The maximum Gasteiger partial charge on any atom is 0.307 e. The van der Waals surface area contributed by atoms with E-state index in [-0.39, 0.29) is 12.5 Å². The number of nitrogens with zero attached hydrogens (tertiary/aromatic N) is 1. The monoisotopic (exact) mass is 251 g/mol. The van der Waals surface area contributed by atoms with E-state index in [1.165, 1.54) is 4.90 Å². The van der Waals surface area contributed by atoms with Crippen molar-refractivity contribution in [3.05, 3.63) is 60.7 Å². The van der Waals surface area contributed by atoms with Crippen molar-refractivity contribution in [3.8, 4) is 11.8 Å². The Hall–Kier alpha value is -2.57. The van der Waals surface area contributed by atoms with Gasteiger partial charge >= 0.3 is 5.91 Å². The van der Waals surface area contributed by atoms with Crippen molar-refractivity contribution in [2.75, 3.05) is 11.5 Å². The van der Waals surface area contributed by atoms with E-state index in [4.69, 9.17) is 5.11 Å². The van der Waals surface area contributed by atoms with Gasteiger partial charge in [-0.3, -0.25) is 9.69 Å². The molecular weight excluding hydrogens is 238 g/mol. The normalized spacial score (nSPS) is 9.32. The van der Waals surface area contributed by atoms with Crippen LogP contribution < -0.4 is 4.90 Å². The average Bonchev–Trinajstić information content (AvgIpc) is 2.47. The first kappa shape index (κ1) is 12.9. The molecule has 0 radical (unpaired) electrons. The standard InChI is InChI=1S/C16H13NO2/c18-13-7-12-16(19)17(14-8-3-1-4-9-14)15-10-5-2-6-11-15/h1-6,8-11,18H,13H2. The predicted octanol–water partition coefficient (Wildman–Crippen LogP) is 2.35. The highest BCUT2D eigenvalue weighted by atomic mass is 16.2. The van der Waals surface area contributed by atoms with Gasteiger partial charge in [-0.05, 0) is 30.2 Å². The summed E-state index contributed by atoms with van der Waals surface area (Å²) in [7, 11) is 0. The lowest BCUT2D eigenvalue weighted by atomic mass is 10.2. The zero-order valence-corrected chi connectivity index (χ0v) is 10.3. The molecule has 0 bridgehead atoms. The number of anilines is 2. The van der Waals surface area contributed by atoms with Crippen molar-refractivity contribution in [1.82, 2.24) is 0 Å². The van der Waals surface area contributed by atoms with E-state index in [2.05, 4.69) is 11.8 Å². The third-order valence-corrected chi connectivity index (χ3v) is 2.51. The number of benzene rings is 2. The van der Waals surface area contributed by atoms with Gasteiger partial charge in [0.2, 0.25) is 0 Å². The molecule has 2 aromatic rings. The van der Waals surface area contributed by atoms with Crippen LogP contribution in [0.5, 0.6) is 0 Å². The summed E-state index contributed by atoms with van der Waals surface area (Å²) >= 11 is 0. The lowest BCUT2D eigenvalue weighted by Gasteiger charge is -2.20. The summed E-state index contributed by atoms with van der Waals surface area (Å²) in [5.41, 5.74) is 1.48. The zero-order valence-electron chi connectivity index (χ0n) is 10.3. The van der Waals surface area contributed by atoms with Crippen LogP contribution in [0.2, 0.25) is 0 Å². The molecular formula is C16H13NO2. The molecule has 0 aliphatic carbocycles. The van der Waals surface area contributed by atoms with Crippen molar-refractivity contribution in [2.24, 2.45) is 0 Å². The summed E-state index contributed by atoms with van der Waals surface area (Å²) in [4.78, 5) is 13.7. The van der Waals surface area contributed by atoms with Gasteiger partial charge in [0.15, 0.2) is 0 Å². The molecule has 1 amide bonds. The Bertz CT molecular complexity index is 557. The minimum absolute atomic E-state index is 0.330. The topological polar surface area (TPSA) is 40.5 Å². The van der Waals surface area contributed by atoms with Crippen molar-refractivity contribution in [1.29, 1.82) is 0 Å². The Kier molecular flexibility index (Phi) is 4.33. The van der Waals surface area contributed by atoms with Gasteiger partial charge in [0, 0.05) is 11.4 Å². The van der Waals surface area contributed by atoms with Gasteiger partial charge in [0.25, 0.3) is 0 Å². The van der Waals surface area contributed by atoms with Crippen molar-refractivity contribution >= 4 is 17.3 Å². The van der Waals surface area contributed by atoms with E-state index in [1.807, 2.05) is 60.7 Å². The Morgan fingerprint density at radius 3 is 1.84 bits per heavy atom. The smallest absolute Gasteiger partial charge is 0.307 e. The van der Waals surface area contributed by atoms with Crippen molar-refractivity contribution in [3.63, 3.8) is 0 Å². The highest BCUT2D eigenvalue weighted by Gasteiger charge is 2.15. The minimum atomic E-state index is -0.369. The lowest BCUT2D eigenvalue weighted by molar-refractivity contribution is -0.112. The second kappa shape index (κ2) is 6.39. The molecule has 0 unspecified atom stereocenters. The van der Waals surface area contributed by atoms with Gasteiger partial charge in [-0.1, -0.05) is 42.3 Å². The van der Waals surface area contributed by atoms with E-state index >= 15 is 0 Å². The van der Waals surface area contributed by atoms with Gasteiger partial charge in [-0.15, -0.1) is 0 Å². The van der Waals surface area contributed by atoms with E-state index in [9.17, 15) is 4.79 Å². The molecule has 0 atom stereocenters. The Morgan fingerprint density at radius 2 is 1.42 bits per heavy atom. The molecule has 0 aromatic heterocycles. The number of carbonyl (C=O) groups is 1. The number of rotatable bonds is 2. The highest BCUT2D eigenvalue weighted by Crippen LogP contribution is 2.24. The van der Waals surface area contributed by atoms with Crippen LogP contribution in [0.4, 0.5) is 11.4 Å². The predicted molar refractivity (Wildman–Crippen MR) is 74.9 cm³/mol. The third-order valence-electron chi connectivity index (χ3n) is 2.51. The number of hydrogen-bond acceptors (Lipinski definition) is 2. The number of amides is 1. The molecule has 0 fully saturated rings. The van der Waals surface area contributed by atoms with E-state index < -0.39 is 0 Å². The van der Waals surface area contributed by atoms with Crippen LogP contribution in [0.1, 0.15) is 0 Å². The number of hydrogen-bond donors (Lipinski definition) is 1. The third kappa shape index (κ3) is 3.21. The van der Waals surface area contributed by atoms with Crippen LogP contribution in [0.15, 0.2) is 60.7 Å². The number of aliphatic hydroxyl groups excluding tert-OH is 1. The maximum atomic E-state index is 12.1. The molecule has 3 nitrogen and oxygen atoms in total. The first-order valence-electron chi connectivity index (χ1n) is 5.87. The summed E-state index contributed by atoms with van der Waals surface area (Å²) < 4.78 is 0. The summed E-state index contributed by atoms with van der Waals surface area (Å²) in [6.45, 7) is -0.330. The van der Waals surface area contributed by atoms with Crippen LogP contribution in [0.3, 0.4) is 0 Å².